The summed E-state index contributed by atoms with van der Waals surface area (Å²) in [6, 6.07) is 4.35. The van der Waals surface area contributed by atoms with Crippen LogP contribution < -0.4 is 5.32 Å². The Labute approximate surface area is 129 Å². The molecule has 3 rings (SSSR count). The molecule has 2 aliphatic rings. The molecule has 2 fully saturated rings. The van der Waals surface area contributed by atoms with Gasteiger partial charge in [-0.25, -0.2) is 9.18 Å². The summed E-state index contributed by atoms with van der Waals surface area (Å²) >= 11 is 0. The first-order valence-corrected chi connectivity index (χ1v) is 7.69. The highest BCUT2D eigenvalue weighted by molar-refractivity contribution is 5.90. The van der Waals surface area contributed by atoms with Crippen molar-refractivity contribution < 1.29 is 18.7 Å². The third-order valence-electron chi connectivity index (χ3n) is 4.27. The maximum atomic E-state index is 13.9. The van der Waals surface area contributed by atoms with E-state index in [1.165, 1.54) is 6.07 Å². The molecule has 0 unspecified atom stereocenters. The smallest absolute Gasteiger partial charge is 0.322 e. The number of aryl methyl sites for hydroxylation is 1. The Morgan fingerprint density at radius 1 is 1.41 bits per heavy atom. The maximum absolute atomic E-state index is 13.9. The zero-order chi connectivity index (χ0) is 15.5. The molecule has 1 aromatic carbocycles. The SMILES string of the molecule is Cc1cccc(F)c1NC(=O)N1CCOC[C@H]1[C@H]1CCCO1. The average molecular weight is 308 g/mol. The van der Waals surface area contributed by atoms with Gasteiger partial charge in [-0.15, -0.1) is 0 Å². The number of hydrogen-bond acceptors (Lipinski definition) is 3. The normalized spacial score (nSPS) is 25.3. The second-order valence-corrected chi connectivity index (χ2v) is 5.75. The predicted molar refractivity (Wildman–Crippen MR) is 80.4 cm³/mol. The van der Waals surface area contributed by atoms with E-state index in [-0.39, 0.29) is 23.9 Å². The Morgan fingerprint density at radius 2 is 2.27 bits per heavy atom. The summed E-state index contributed by atoms with van der Waals surface area (Å²) in [4.78, 5) is 14.3. The largest absolute Gasteiger partial charge is 0.377 e. The molecule has 1 aromatic rings. The minimum atomic E-state index is -0.421. The van der Waals surface area contributed by atoms with Crippen LogP contribution in [0, 0.1) is 12.7 Å². The number of amides is 2. The number of anilines is 1. The number of halogens is 1. The summed E-state index contributed by atoms with van der Waals surface area (Å²) < 4.78 is 25.1. The number of nitrogens with zero attached hydrogens (tertiary/aromatic N) is 1. The second kappa shape index (κ2) is 6.62. The number of para-hydroxylation sites is 1. The first-order valence-electron chi connectivity index (χ1n) is 7.69. The number of rotatable bonds is 2. The van der Waals surface area contributed by atoms with Gasteiger partial charge in [0.25, 0.3) is 0 Å². The average Bonchev–Trinajstić information content (AvgIpc) is 3.05. The number of ether oxygens (including phenoxy) is 2. The van der Waals surface area contributed by atoms with Crippen molar-refractivity contribution in [3.63, 3.8) is 0 Å². The highest BCUT2D eigenvalue weighted by Gasteiger charge is 2.36. The van der Waals surface area contributed by atoms with Gasteiger partial charge in [-0.3, -0.25) is 0 Å². The first-order chi connectivity index (χ1) is 10.7. The van der Waals surface area contributed by atoms with Gasteiger partial charge in [0.2, 0.25) is 0 Å². The zero-order valence-electron chi connectivity index (χ0n) is 12.7. The number of carbonyl (C=O) groups excluding carboxylic acids is 1. The lowest BCUT2D eigenvalue weighted by Crippen LogP contribution is -2.55. The van der Waals surface area contributed by atoms with Crippen molar-refractivity contribution in [1.29, 1.82) is 0 Å². The van der Waals surface area contributed by atoms with Gasteiger partial charge in [-0.2, -0.15) is 0 Å². The lowest BCUT2D eigenvalue weighted by atomic mass is 10.1. The minimum absolute atomic E-state index is 0.00719. The zero-order valence-corrected chi connectivity index (χ0v) is 12.7. The second-order valence-electron chi connectivity index (χ2n) is 5.75. The van der Waals surface area contributed by atoms with E-state index in [0.29, 0.717) is 25.3 Å². The number of urea groups is 1. The molecule has 120 valence electrons. The van der Waals surface area contributed by atoms with Crippen LogP contribution >= 0.6 is 0 Å². The molecule has 5 nitrogen and oxygen atoms in total. The molecule has 2 atom stereocenters. The fourth-order valence-electron chi connectivity index (χ4n) is 3.06. The number of morpholine rings is 1. The van der Waals surface area contributed by atoms with Gasteiger partial charge in [0.05, 0.1) is 31.0 Å². The summed E-state index contributed by atoms with van der Waals surface area (Å²) in [7, 11) is 0. The topological polar surface area (TPSA) is 50.8 Å². The molecule has 0 bridgehead atoms. The lowest BCUT2D eigenvalue weighted by molar-refractivity contribution is -0.0452. The Morgan fingerprint density at radius 3 is 3.00 bits per heavy atom. The van der Waals surface area contributed by atoms with Gasteiger partial charge in [0.1, 0.15) is 5.82 Å². The van der Waals surface area contributed by atoms with Crippen LogP contribution in [0.15, 0.2) is 18.2 Å². The van der Waals surface area contributed by atoms with E-state index < -0.39 is 5.82 Å². The van der Waals surface area contributed by atoms with Crippen LogP contribution in [-0.4, -0.2) is 49.4 Å². The molecular weight excluding hydrogens is 287 g/mol. The van der Waals surface area contributed by atoms with Crippen molar-refractivity contribution in [3.05, 3.63) is 29.6 Å². The Kier molecular flexibility index (Phi) is 4.59. The molecule has 0 radical (unpaired) electrons. The van der Waals surface area contributed by atoms with E-state index in [2.05, 4.69) is 5.32 Å². The van der Waals surface area contributed by atoms with Crippen molar-refractivity contribution in [2.45, 2.75) is 31.9 Å². The van der Waals surface area contributed by atoms with E-state index in [4.69, 9.17) is 9.47 Å². The van der Waals surface area contributed by atoms with Gasteiger partial charge in [0, 0.05) is 13.2 Å². The molecule has 2 saturated heterocycles. The highest BCUT2D eigenvalue weighted by atomic mass is 19.1. The van der Waals surface area contributed by atoms with Crippen molar-refractivity contribution in [2.24, 2.45) is 0 Å². The Hall–Kier alpha value is -1.66. The number of hydrogen-bond donors (Lipinski definition) is 1. The standard InChI is InChI=1S/C16H21FN2O3/c1-11-4-2-5-12(17)15(11)18-16(20)19-7-9-21-10-13(19)14-6-3-8-22-14/h2,4-5,13-14H,3,6-10H2,1H3,(H,18,20)/t13-,14+/m0/s1. The molecule has 0 spiro atoms. The van der Waals surface area contributed by atoms with E-state index in [1.54, 1.807) is 24.0 Å². The molecule has 1 N–H and O–H groups in total. The number of nitrogens with one attached hydrogen (secondary N) is 1. The summed E-state index contributed by atoms with van der Waals surface area (Å²) in [5.74, 6) is -0.421. The van der Waals surface area contributed by atoms with E-state index in [1.807, 2.05) is 0 Å². The predicted octanol–water partition coefficient (Wildman–Crippen LogP) is 2.55. The molecule has 0 saturated carbocycles. The van der Waals surface area contributed by atoms with Gasteiger partial charge in [0.15, 0.2) is 0 Å². The molecule has 22 heavy (non-hydrogen) atoms. The van der Waals surface area contributed by atoms with Crippen LogP contribution in [-0.2, 0) is 9.47 Å². The van der Waals surface area contributed by atoms with Gasteiger partial charge in [-0.05, 0) is 31.4 Å². The Balaban J connectivity index is 1.74. The third kappa shape index (κ3) is 3.08. The van der Waals surface area contributed by atoms with Gasteiger partial charge >= 0.3 is 6.03 Å². The van der Waals surface area contributed by atoms with Crippen LogP contribution in [0.5, 0.6) is 0 Å². The third-order valence-corrected chi connectivity index (χ3v) is 4.27. The van der Waals surface area contributed by atoms with E-state index >= 15 is 0 Å². The maximum Gasteiger partial charge on any atom is 0.322 e. The Bertz CT molecular complexity index is 526. The van der Waals surface area contributed by atoms with Gasteiger partial charge in [-0.1, -0.05) is 12.1 Å². The van der Waals surface area contributed by atoms with Crippen LogP contribution in [0.1, 0.15) is 18.4 Å². The molecule has 2 amide bonds. The summed E-state index contributed by atoms with van der Waals surface area (Å²) in [6.07, 6.45) is 1.94. The van der Waals surface area contributed by atoms with Gasteiger partial charge < -0.3 is 19.7 Å². The van der Waals surface area contributed by atoms with Crippen molar-refractivity contribution in [3.8, 4) is 0 Å². The van der Waals surface area contributed by atoms with E-state index in [9.17, 15) is 9.18 Å². The molecule has 0 aromatic heterocycles. The molecule has 2 aliphatic heterocycles. The fraction of sp³-hybridized carbons (Fsp3) is 0.562. The molecular formula is C16H21FN2O3. The van der Waals surface area contributed by atoms with E-state index in [0.717, 1.165) is 19.4 Å². The van der Waals surface area contributed by atoms with Crippen molar-refractivity contribution in [1.82, 2.24) is 4.90 Å². The summed E-state index contributed by atoms with van der Waals surface area (Å²) in [5, 5.41) is 2.70. The van der Waals surface area contributed by atoms with Crippen LogP contribution in [0.25, 0.3) is 0 Å². The first kappa shape index (κ1) is 15.2. The summed E-state index contributed by atoms with van der Waals surface area (Å²) in [6.45, 7) is 3.95. The lowest BCUT2D eigenvalue weighted by Gasteiger charge is -2.38. The highest BCUT2D eigenvalue weighted by Crippen LogP contribution is 2.24. The molecule has 0 aliphatic carbocycles. The molecule has 6 heteroatoms. The number of benzene rings is 1. The number of carbonyl (C=O) groups is 1. The quantitative estimate of drug-likeness (QED) is 0.913. The monoisotopic (exact) mass is 308 g/mol. The van der Waals surface area contributed by atoms with Crippen LogP contribution in [0.4, 0.5) is 14.9 Å². The van der Waals surface area contributed by atoms with Crippen molar-refractivity contribution in [2.75, 3.05) is 31.7 Å². The molecule has 2 heterocycles. The minimum Gasteiger partial charge on any atom is -0.377 e. The van der Waals surface area contributed by atoms with Crippen LogP contribution in [0.3, 0.4) is 0 Å². The summed E-state index contributed by atoms with van der Waals surface area (Å²) in [5.41, 5.74) is 0.945. The van der Waals surface area contributed by atoms with Crippen LogP contribution in [0.2, 0.25) is 0 Å². The fourth-order valence-corrected chi connectivity index (χ4v) is 3.06. The van der Waals surface area contributed by atoms with Crippen molar-refractivity contribution >= 4 is 11.7 Å².